The van der Waals surface area contributed by atoms with E-state index in [1.165, 1.54) is 5.56 Å². The molecule has 1 saturated heterocycles. The first kappa shape index (κ1) is 16.7. The summed E-state index contributed by atoms with van der Waals surface area (Å²) in [6.45, 7) is 5.71. The highest BCUT2D eigenvalue weighted by Gasteiger charge is 2.27. The molecule has 26 heavy (non-hydrogen) atoms. The van der Waals surface area contributed by atoms with Crippen molar-refractivity contribution in [3.8, 4) is 11.4 Å². The molecule has 2 atom stereocenters. The SMILES string of the molecule is Cc1cc(N2CC(C)OC(c3ccccc3)C2)nc(-c2ccncc2)n1. The first-order chi connectivity index (χ1) is 12.7. The summed E-state index contributed by atoms with van der Waals surface area (Å²) in [7, 11) is 0. The molecular weight excluding hydrogens is 324 g/mol. The maximum absolute atomic E-state index is 6.18. The zero-order valence-electron chi connectivity index (χ0n) is 15.0. The smallest absolute Gasteiger partial charge is 0.161 e. The number of benzene rings is 1. The van der Waals surface area contributed by atoms with Crippen LogP contribution in [-0.2, 0) is 4.74 Å². The van der Waals surface area contributed by atoms with Gasteiger partial charge in [0, 0.05) is 42.8 Å². The van der Waals surface area contributed by atoms with E-state index < -0.39 is 0 Å². The van der Waals surface area contributed by atoms with Gasteiger partial charge in [0.25, 0.3) is 0 Å². The quantitative estimate of drug-likeness (QED) is 0.722. The molecule has 3 heterocycles. The molecule has 0 aliphatic carbocycles. The largest absolute Gasteiger partial charge is 0.367 e. The van der Waals surface area contributed by atoms with Crippen LogP contribution in [0.4, 0.5) is 5.82 Å². The minimum atomic E-state index is 0.0413. The van der Waals surface area contributed by atoms with Crippen molar-refractivity contribution in [1.29, 1.82) is 0 Å². The zero-order valence-corrected chi connectivity index (χ0v) is 15.0. The lowest BCUT2D eigenvalue weighted by Crippen LogP contribution is -2.43. The molecule has 0 radical (unpaired) electrons. The monoisotopic (exact) mass is 346 g/mol. The van der Waals surface area contributed by atoms with Gasteiger partial charge in [-0.2, -0.15) is 0 Å². The van der Waals surface area contributed by atoms with Gasteiger partial charge < -0.3 is 9.64 Å². The number of pyridine rings is 1. The third-order valence-electron chi connectivity index (χ3n) is 4.53. The Bertz CT molecular complexity index is 870. The van der Waals surface area contributed by atoms with Crippen LogP contribution in [0.2, 0.25) is 0 Å². The Labute approximate surface area is 153 Å². The van der Waals surface area contributed by atoms with Crippen LogP contribution in [0.3, 0.4) is 0 Å². The van der Waals surface area contributed by atoms with Crippen LogP contribution >= 0.6 is 0 Å². The first-order valence-electron chi connectivity index (χ1n) is 8.90. The van der Waals surface area contributed by atoms with E-state index >= 15 is 0 Å². The van der Waals surface area contributed by atoms with Gasteiger partial charge in [0.05, 0.1) is 6.10 Å². The van der Waals surface area contributed by atoms with Crippen molar-refractivity contribution < 1.29 is 4.74 Å². The van der Waals surface area contributed by atoms with Gasteiger partial charge in [-0.15, -0.1) is 0 Å². The Morgan fingerprint density at radius 2 is 1.77 bits per heavy atom. The molecule has 2 unspecified atom stereocenters. The predicted octanol–water partition coefficient (Wildman–Crippen LogP) is 3.81. The van der Waals surface area contributed by atoms with Crippen LogP contribution in [0.1, 0.15) is 24.3 Å². The third kappa shape index (κ3) is 3.58. The van der Waals surface area contributed by atoms with Crippen molar-refractivity contribution >= 4 is 5.82 Å². The normalized spacial score (nSPS) is 20.2. The molecule has 0 amide bonds. The molecule has 2 aromatic heterocycles. The average molecular weight is 346 g/mol. The molecule has 0 saturated carbocycles. The molecule has 0 spiro atoms. The molecule has 0 N–H and O–H groups in total. The lowest BCUT2D eigenvalue weighted by molar-refractivity contribution is -0.0176. The number of hydrogen-bond donors (Lipinski definition) is 0. The van der Waals surface area contributed by atoms with Crippen molar-refractivity contribution in [3.63, 3.8) is 0 Å². The second-order valence-corrected chi connectivity index (χ2v) is 6.68. The van der Waals surface area contributed by atoms with Gasteiger partial charge in [-0.1, -0.05) is 30.3 Å². The Balaban J connectivity index is 1.65. The average Bonchev–Trinajstić information content (AvgIpc) is 2.68. The van der Waals surface area contributed by atoms with E-state index in [9.17, 15) is 0 Å². The highest BCUT2D eigenvalue weighted by molar-refractivity contribution is 5.57. The summed E-state index contributed by atoms with van der Waals surface area (Å²) in [6, 6.07) is 16.3. The number of aromatic nitrogens is 3. The predicted molar refractivity (Wildman–Crippen MR) is 102 cm³/mol. The zero-order chi connectivity index (χ0) is 17.9. The fourth-order valence-electron chi connectivity index (χ4n) is 3.33. The van der Waals surface area contributed by atoms with Crippen LogP contribution in [-0.4, -0.2) is 34.1 Å². The van der Waals surface area contributed by atoms with Gasteiger partial charge in [-0.25, -0.2) is 9.97 Å². The Kier molecular flexibility index (Phi) is 4.63. The number of morpholine rings is 1. The van der Waals surface area contributed by atoms with Gasteiger partial charge in [-0.3, -0.25) is 4.98 Å². The molecule has 5 heteroatoms. The highest BCUT2D eigenvalue weighted by atomic mass is 16.5. The summed E-state index contributed by atoms with van der Waals surface area (Å²) in [5.74, 6) is 1.68. The second kappa shape index (κ2) is 7.22. The molecule has 3 aromatic rings. The molecule has 1 aromatic carbocycles. The highest BCUT2D eigenvalue weighted by Crippen LogP contribution is 2.29. The van der Waals surface area contributed by atoms with E-state index in [-0.39, 0.29) is 12.2 Å². The molecule has 1 aliphatic rings. The van der Waals surface area contributed by atoms with E-state index in [1.54, 1.807) is 12.4 Å². The van der Waals surface area contributed by atoms with E-state index in [0.717, 1.165) is 36.0 Å². The van der Waals surface area contributed by atoms with Gasteiger partial charge >= 0.3 is 0 Å². The lowest BCUT2D eigenvalue weighted by Gasteiger charge is -2.38. The Morgan fingerprint density at radius 1 is 1.00 bits per heavy atom. The number of hydrogen-bond acceptors (Lipinski definition) is 5. The maximum Gasteiger partial charge on any atom is 0.161 e. The van der Waals surface area contributed by atoms with Gasteiger partial charge in [0.2, 0.25) is 0 Å². The molecule has 132 valence electrons. The third-order valence-corrected chi connectivity index (χ3v) is 4.53. The molecule has 4 rings (SSSR count). The van der Waals surface area contributed by atoms with Crippen molar-refractivity contribution in [1.82, 2.24) is 15.0 Å². The fraction of sp³-hybridized carbons (Fsp3) is 0.286. The van der Waals surface area contributed by atoms with Crippen molar-refractivity contribution in [2.24, 2.45) is 0 Å². The number of aryl methyl sites for hydroxylation is 1. The summed E-state index contributed by atoms with van der Waals surface area (Å²) in [5, 5.41) is 0. The van der Waals surface area contributed by atoms with Crippen LogP contribution in [0.25, 0.3) is 11.4 Å². The maximum atomic E-state index is 6.18. The van der Waals surface area contributed by atoms with Crippen molar-refractivity contribution in [3.05, 3.63) is 72.2 Å². The van der Waals surface area contributed by atoms with Crippen molar-refractivity contribution in [2.45, 2.75) is 26.1 Å². The van der Waals surface area contributed by atoms with Crippen LogP contribution < -0.4 is 4.90 Å². The number of nitrogens with zero attached hydrogens (tertiary/aromatic N) is 4. The Morgan fingerprint density at radius 3 is 2.54 bits per heavy atom. The molecule has 1 aliphatic heterocycles. The number of rotatable bonds is 3. The first-order valence-corrected chi connectivity index (χ1v) is 8.90. The van der Waals surface area contributed by atoms with E-state index in [4.69, 9.17) is 9.72 Å². The summed E-state index contributed by atoms with van der Waals surface area (Å²) >= 11 is 0. The van der Waals surface area contributed by atoms with Crippen LogP contribution in [0.5, 0.6) is 0 Å². The van der Waals surface area contributed by atoms with Crippen LogP contribution in [0.15, 0.2) is 60.9 Å². The topological polar surface area (TPSA) is 51.1 Å². The van der Waals surface area contributed by atoms with E-state index in [0.29, 0.717) is 0 Å². The molecule has 1 fully saturated rings. The number of ether oxygens (including phenoxy) is 1. The summed E-state index contributed by atoms with van der Waals surface area (Å²) in [5.41, 5.74) is 3.13. The number of anilines is 1. The lowest BCUT2D eigenvalue weighted by atomic mass is 10.1. The molecule has 5 nitrogen and oxygen atoms in total. The van der Waals surface area contributed by atoms with Gasteiger partial charge in [0.1, 0.15) is 11.9 Å². The summed E-state index contributed by atoms with van der Waals surface area (Å²) in [4.78, 5) is 15.8. The van der Waals surface area contributed by atoms with E-state index in [2.05, 4.69) is 46.1 Å². The summed E-state index contributed by atoms with van der Waals surface area (Å²) in [6.07, 6.45) is 3.71. The standard InChI is InChI=1S/C21H22N4O/c1-15-12-20(24-21(23-15)18-8-10-22-11-9-18)25-13-16(2)26-19(14-25)17-6-4-3-5-7-17/h3-12,16,19H,13-14H2,1-2H3. The van der Waals surface area contributed by atoms with E-state index in [1.807, 2.05) is 31.2 Å². The minimum Gasteiger partial charge on any atom is -0.367 e. The van der Waals surface area contributed by atoms with Crippen LogP contribution in [0, 0.1) is 6.92 Å². The minimum absolute atomic E-state index is 0.0413. The van der Waals surface area contributed by atoms with Crippen molar-refractivity contribution in [2.75, 3.05) is 18.0 Å². The molecule has 0 bridgehead atoms. The second-order valence-electron chi connectivity index (χ2n) is 6.68. The Hall–Kier alpha value is -2.79. The van der Waals surface area contributed by atoms with Gasteiger partial charge in [-0.05, 0) is 31.5 Å². The fourth-order valence-corrected chi connectivity index (χ4v) is 3.33. The summed E-state index contributed by atoms with van der Waals surface area (Å²) < 4.78 is 6.18. The molecular formula is C21H22N4O. The van der Waals surface area contributed by atoms with Gasteiger partial charge in [0.15, 0.2) is 5.82 Å².